The van der Waals surface area contributed by atoms with Gasteiger partial charge in [0.1, 0.15) is 23.0 Å². The third-order valence-corrected chi connectivity index (χ3v) is 4.83. The summed E-state index contributed by atoms with van der Waals surface area (Å²) in [5, 5.41) is 24.6. The monoisotopic (exact) mass is 479 g/mol. The lowest BCUT2D eigenvalue weighted by molar-refractivity contribution is -0.384. The van der Waals surface area contributed by atoms with Gasteiger partial charge in [-0.2, -0.15) is 10.1 Å². The van der Waals surface area contributed by atoms with Crippen molar-refractivity contribution in [3.8, 4) is 17.1 Å². The standard InChI is InChI=1S/C21H10F5N3O5/c1-8-11(21(31)28(27-8)20-18(25)16(23)15(22)17(24)19(20)26)7-10-3-5-14(34-10)12-6-9(29(32)33)2-4-13(12)30/h2-7,30H,1H3/b11-7+. The summed E-state index contributed by atoms with van der Waals surface area (Å²) < 4.78 is 74.2. The van der Waals surface area contributed by atoms with Crippen molar-refractivity contribution in [2.75, 3.05) is 5.01 Å². The van der Waals surface area contributed by atoms with Crippen molar-refractivity contribution in [2.45, 2.75) is 6.92 Å². The van der Waals surface area contributed by atoms with Gasteiger partial charge in [-0.25, -0.2) is 22.0 Å². The van der Waals surface area contributed by atoms with Crippen molar-refractivity contribution in [3.63, 3.8) is 0 Å². The lowest BCUT2D eigenvalue weighted by atomic mass is 10.1. The molecule has 0 saturated heterocycles. The molecule has 0 atom stereocenters. The van der Waals surface area contributed by atoms with Crippen LogP contribution in [0.25, 0.3) is 17.4 Å². The maximum Gasteiger partial charge on any atom is 0.280 e. The molecule has 0 saturated carbocycles. The van der Waals surface area contributed by atoms with Crippen LogP contribution >= 0.6 is 0 Å². The normalized spacial score (nSPS) is 14.8. The van der Waals surface area contributed by atoms with Crippen LogP contribution in [0.4, 0.5) is 33.3 Å². The van der Waals surface area contributed by atoms with E-state index in [4.69, 9.17) is 4.42 Å². The first-order valence-electron chi connectivity index (χ1n) is 9.22. The van der Waals surface area contributed by atoms with E-state index in [0.717, 1.165) is 24.3 Å². The number of phenolic OH excluding ortho intramolecular Hbond substituents is 1. The van der Waals surface area contributed by atoms with Crippen LogP contribution in [0.2, 0.25) is 0 Å². The smallest absolute Gasteiger partial charge is 0.280 e. The second-order valence-electron chi connectivity index (χ2n) is 6.94. The number of anilines is 1. The first-order valence-corrected chi connectivity index (χ1v) is 9.22. The molecule has 0 unspecified atom stereocenters. The zero-order valence-corrected chi connectivity index (χ0v) is 16.8. The number of nitro groups is 1. The zero-order chi connectivity index (χ0) is 24.9. The van der Waals surface area contributed by atoms with Crippen molar-refractivity contribution < 1.29 is 41.2 Å². The van der Waals surface area contributed by atoms with Crippen molar-refractivity contribution in [3.05, 3.63) is 80.9 Å². The molecular weight excluding hydrogens is 469 g/mol. The first-order chi connectivity index (χ1) is 16.0. The molecule has 13 heteroatoms. The van der Waals surface area contributed by atoms with E-state index in [-0.39, 0.29) is 44.8 Å². The minimum absolute atomic E-state index is 0.00953. The van der Waals surface area contributed by atoms with Crippen LogP contribution in [-0.4, -0.2) is 21.6 Å². The summed E-state index contributed by atoms with van der Waals surface area (Å²) in [4.78, 5) is 23.0. The van der Waals surface area contributed by atoms with Crippen LogP contribution in [-0.2, 0) is 4.79 Å². The first kappa shape index (κ1) is 22.6. The Kier molecular flexibility index (Phi) is 5.39. The van der Waals surface area contributed by atoms with E-state index in [0.29, 0.717) is 0 Å². The summed E-state index contributed by atoms with van der Waals surface area (Å²) in [5.41, 5.74) is -2.29. The predicted molar refractivity (Wildman–Crippen MR) is 107 cm³/mol. The number of aromatic hydroxyl groups is 1. The van der Waals surface area contributed by atoms with Gasteiger partial charge in [0, 0.05) is 12.1 Å². The average Bonchev–Trinajstić information content (AvgIpc) is 3.37. The van der Waals surface area contributed by atoms with Gasteiger partial charge in [-0.1, -0.05) is 0 Å². The number of hydrazone groups is 1. The number of rotatable bonds is 4. The van der Waals surface area contributed by atoms with E-state index in [1.807, 2.05) is 0 Å². The molecule has 1 aliphatic heterocycles. The summed E-state index contributed by atoms with van der Waals surface area (Å²) in [6, 6.07) is 5.88. The Morgan fingerprint density at radius 1 is 1.03 bits per heavy atom. The van der Waals surface area contributed by atoms with Gasteiger partial charge in [0.15, 0.2) is 23.3 Å². The van der Waals surface area contributed by atoms with Crippen LogP contribution in [0, 0.1) is 39.2 Å². The lowest BCUT2D eigenvalue weighted by Gasteiger charge is -2.14. The summed E-state index contributed by atoms with van der Waals surface area (Å²) in [5.74, 6) is -12.9. The highest BCUT2D eigenvalue weighted by molar-refractivity contribution is 6.32. The average molecular weight is 479 g/mol. The van der Waals surface area contributed by atoms with Gasteiger partial charge in [0.2, 0.25) is 5.82 Å². The molecule has 34 heavy (non-hydrogen) atoms. The number of phenols is 1. The second-order valence-corrected chi connectivity index (χ2v) is 6.94. The van der Waals surface area contributed by atoms with Gasteiger partial charge >= 0.3 is 0 Å². The molecule has 2 aromatic carbocycles. The minimum Gasteiger partial charge on any atom is -0.507 e. The number of halogens is 5. The SMILES string of the molecule is CC1=NN(c2c(F)c(F)c(F)c(F)c2F)C(=O)/C1=C/c1ccc(-c2cc([N+](=O)[O-])ccc2O)o1. The Balaban J connectivity index is 1.71. The molecule has 1 N–H and O–H groups in total. The molecule has 1 aromatic heterocycles. The van der Waals surface area contributed by atoms with Crippen LogP contribution in [0.3, 0.4) is 0 Å². The zero-order valence-electron chi connectivity index (χ0n) is 16.8. The van der Waals surface area contributed by atoms with Crippen molar-refractivity contribution in [2.24, 2.45) is 5.10 Å². The highest BCUT2D eigenvalue weighted by Gasteiger charge is 2.37. The lowest BCUT2D eigenvalue weighted by Crippen LogP contribution is -2.25. The molecule has 0 fully saturated rings. The topological polar surface area (TPSA) is 109 Å². The van der Waals surface area contributed by atoms with Gasteiger partial charge in [0.25, 0.3) is 11.6 Å². The van der Waals surface area contributed by atoms with Crippen LogP contribution in [0.15, 0.2) is 45.4 Å². The molecule has 0 spiro atoms. The van der Waals surface area contributed by atoms with E-state index < -0.39 is 45.6 Å². The number of hydrogen-bond donors (Lipinski definition) is 1. The maximum absolute atomic E-state index is 14.1. The third-order valence-electron chi connectivity index (χ3n) is 4.83. The molecule has 8 nitrogen and oxygen atoms in total. The Bertz CT molecular complexity index is 1420. The summed E-state index contributed by atoms with van der Waals surface area (Å²) in [6.45, 7) is 1.26. The number of benzene rings is 2. The number of carbonyl (C=O) groups excluding carboxylic acids is 1. The third kappa shape index (κ3) is 3.56. The molecule has 3 aromatic rings. The number of carbonyl (C=O) groups is 1. The van der Waals surface area contributed by atoms with Gasteiger partial charge in [0.05, 0.1) is 21.8 Å². The number of amides is 1. The number of non-ortho nitro benzene ring substituents is 1. The molecule has 2 heterocycles. The second kappa shape index (κ2) is 8.10. The van der Waals surface area contributed by atoms with Gasteiger partial charge < -0.3 is 9.52 Å². The highest BCUT2D eigenvalue weighted by Crippen LogP contribution is 2.36. The van der Waals surface area contributed by atoms with Crippen LogP contribution < -0.4 is 5.01 Å². The van der Waals surface area contributed by atoms with Crippen molar-refractivity contribution >= 4 is 29.1 Å². The van der Waals surface area contributed by atoms with Gasteiger partial charge in [-0.3, -0.25) is 14.9 Å². The number of nitrogens with zero attached hydrogens (tertiary/aromatic N) is 3. The van der Waals surface area contributed by atoms with E-state index in [1.165, 1.54) is 19.1 Å². The largest absolute Gasteiger partial charge is 0.507 e. The molecule has 0 radical (unpaired) electrons. The van der Waals surface area contributed by atoms with Crippen LogP contribution in [0.5, 0.6) is 5.75 Å². The predicted octanol–water partition coefficient (Wildman–Crippen LogP) is 5.06. The van der Waals surface area contributed by atoms with Gasteiger partial charge in [-0.05, 0) is 31.2 Å². The van der Waals surface area contributed by atoms with Crippen molar-refractivity contribution in [1.82, 2.24) is 0 Å². The number of hydrogen-bond acceptors (Lipinski definition) is 6. The number of furan rings is 1. The fourth-order valence-electron chi connectivity index (χ4n) is 3.17. The van der Waals surface area contributed by atoms with Gasteiger partial charge in [-0.15, -0.1) is 0 Å². The molecule has 1 aliphatic rings. The van der Waals surface area contributed by atoms with Crippen molar-refractivity contribution in [1.29, 1.82) is 0 Å². The molecule has 0 aliphatic carbocycles. The Hall–Kier alpha value is -4.55. The highest BCUT2D eigenvalue weighted by atomic mass is 19.2. The number of nitro benzene ring substituents is 1. The maximum atomic E-state index is 14.1. The van der Waals surface area contributed by atoms with Crippen LogP contribution in [0.1, 0.15) is 12.7 Å². The summed E-state index contributed by atoms with van der Waals surface area (Å²) in [7, 11) is 0. The summed E-state index contributed by atoms with van der Waals surface area (Å²) in [6.07, 6.45) is 1.09. The summed E-state index contributed by atoms with van der Waals surface area (Å²) >= 11 is 0. The quantitative estimate of drug-likeness (QED) is 0.141. The molecular formula is C21H10F5N3O5. The molecule has 174 valence electrons. The Morgan fingerprint density at radius 2 is 1.65 bits per heavy atom. The molecule has 4 rings (SSSR count). The van der Waals surface area contributed by atoms with E-state index >= 15 is 0 Å². The van der Waals surface area contributed by atoms with E-state index in [9.17, 15) is 42.0 Å². The van der Waals surface area contributed by atoms with E-state index in [2.05, 4.69) is 5.10 Å². The molecule has 1 amide bonds. The Labute approximate surface area is 186 Å². The minimum atomic E-state index is -2.38. The Morgan fingerprint density at radius 3 is 2.26 bits per heavy atom. The van der Waals surface area contributed by atoms with E-state index in [1.54, 1.807) is 0 Å². The fourth-order valence-corrected chi connectivity index (χ4v) is 3.17. The fraction of sp³-hybridized carbons (Fsp3) is 0.0476. The molecule has 0 bridgehead atoms.